The highest BCUT2D eigenvalue weighted by Gasteiger charge is 2.31. The Labute approximate surface area is 150 Å². The average Bonchev–Trinajstić information content (AvgIpc) is 2.65. The van der Waals surface area contributed by atoms with Crippen LogP contribution in [0.25, 0.3) is 0 Å². The molecule has 1 aliphatic rings. The highest BCUT2D eigenvalue weighted by molar-refractivity contribution is 5.94. The zero-order valence-electron chi connectivity index (χ0n) is 15.1. The maximum atomic E-state index is 12.3. The first kappa shape index (κ1) is 17.5. The van der Waals surface area contributed by atoms with Crippen LogP contribution in [0.1, 0.15) is 28.8 Å². The zero-order chi connectivity index (χ0) is 17.7. The Morgan fingerprint density at radius 2 is 1.72 bits per heavy atom. The van der Waals surface area contributed by atoms with Crippen molar-refractivity contribution in [3.63, 3.8) is 0 Å². The van der Waals surface area contributed by atoms with Gasteiger partial charge < -0.3 is 14.5 Å². The topological polar surface area (TPSA) is 38.3 Å². The van der Waals surface area contributed by atoms with Gasteiger partial charge in [0, 0.05) is 30.0 Å². The summed E-state index contributed by atoms with van der Waals surface area (Å²) in [5.41, 5.74) is 2.07. The molecule has 0 unspecified atom stereocenters. The Kier molecular flexibility index (Phi) is 5.39. The number of nitrogens with one attached hydrogen (secondary N) is 1. The van der Waals surface area contributed by atoms with Gasteiger partial charge in [-0.1, -0.05) is 18.2 Å². The number of ether oxygens (including phenoxy) is 1. The summed E-state index contributed by atoms with van der Waals surface area (Å²) >= 11 is 0. The Morgan fingerprint density at radius 1 is 1.08 bits per heavy atom. The lowest BCUT2D eigenvalue weighted by atomic mass is 10.0. The lowest BCUT2D eigenvalue weighted by Crippen LogP contribution is -2.53. The molecule has 1 aliphatic heterocycles. The number of carbonyl (C=O) groups excluding carboxylic acids is 1. The van der Waals surface area contributed by atoms with Crippen molar-refractivity contribution in [2.75, 3.05) is 27.2 Å². The molecule has 0 aromatic heterocycles. The SMILES string of the molecule is COc1ccc(C[N+]2(C)CCC(NC(=O)c3ccccc3)CC2)cc1. The molecule has 0 atom stereocenters. The smallest absolute Gasteiger partial charge is 0.251 e. The summed E-state index contributed by atoms with van der Waals surface area (Å²) in [5.74, 6) is 0.936. The molecule has 4 nitrogen and oxygen atoms in total. The average molecular weight is 339 g/mol. The summed E-state index contributed by atoms with van der Waals surface area (Å²) < 4.78 is 6.24. The first-order chi connectivity index (χ1) is 12.1. The van der Waals surface area contributed by atoms with Crippen molar-refractivity contribution >= 4 is 5.91 Å². The van der Waals surface area contributed by atoms with Crippen molar-refractivity contribution in [2.24, 2.45) is 0 Å². The van der Waals surface area contributed by atoms with Crippen molar-refractivity contribution in [1.29, 1.82) is 0 Å². The second kappa shape index (κ2) is 7.70. The number of carbonyl (C=O) groups is 1. The third-order valence-electron chi connectivity index (χ3n) is 5.13. The fraction of sp³-hybridized carbons (Fsp3) is 0.381. The molecule has 0 aliphatic carbocycles. The third kappa shape index (κ3) is 4.60. The van der Waals surface area contributed by atoms with Gasteiger partial charge in [-0.15, -0.1) is 0 Å². The maximum absolute atomic E-state index is 12.3. The molecule has 2 aromatic rings. The van der Waals surface area contributed by atoms with Crippen LogP contribution in [0.2, 0.25) is 0 Å². The lowest BCUT2D eigenvalue weighted by molar-refractivity contribution is -0.927. The van der Waals surface area contributed by atoms with Gasteiger partial charge in [0.2, 0.25) is 0 Å². The fourth-order valence-corrected chi connectivity index (χ4v) is 3.52. The predicted molar refractivity (Wildman–Crippen MR) is 99.5 cm³/mol. The van der Waals surface area contributed by atoms with Crippen LogP contribution in [0.5, 0.6) is 5.75 Å². The maximum Gasteiger partial charge on any atom is 0.251 e. The van der Waals surface area contributed by atoms with Crippen LogP contribution in [0.3, 0.4) is 0 Å². The van der Waals surface area contributed by atoms with E-state index in [-0.39, 0.29) is 11.9 Å². The minimum Gasteiger partial charge on any atom is -0.497 e. The Balaban J connectivity index is 1.52. The van der Waals surface area contributed by atoms with Crippen molar-refractivity contribution in [2.45, 2.75) is 25.4 Å². The number of quaternary nitrogens is 1. The van der Waals surface area contributed by atoms with Crippen LogP contribution < -0.4 is 10.1 Å². The van der Waals surface area contributed by atoms with Crippen LogP contribution >= 0.6 is 0 Å². The summed E-state index contributed by atoms with van der Waals surface area (Å²) in [5, 5.41) is 3.19. The molecule has 1 N–H and O–H groups in total. The van der Waals surface area contributed by atoms with Crippen LogP contribution in [0.4, 0.5) is 0 Å². The molecule has 3 rings (SSSR count). The number of piperidine rings is 1. The summed E-state index contributed by atoms with van der Waals surface area (Å²) in [6.07, 6.45) is 2.04. The van der Waals surface area contributed by atoms with Gasteiger partial charge in [0.1, 0.15) is 12.3 Å². The first-order valence-electron chi connectivity index (χ1n) is 8.90. The molecule has 0 saturated carbocycles. The molecular weight excluding hydrogens is 312 g/mol. The number of hydrogen-bond donors (Lipinski definition) is 1. The number of hydrogen-bond acceptors (Lipinski definition) is 2. The largest absolute Gasteiger partial charge is 0.497 e. The standard InChI is InChI=1S/C21H26N2O2/c1-23(16-17-8-10-20(25-2)11-9-17)14-12-19(13-15-23)22-21(24)18-6-4-3-5-7-18/h3-11,19H,12-16H2,1-2H3/p+1. The van der Waals surface area contributed by atoms with Crippen LogP contribution in [0, 0.1) is 0 Å². The van der Waals surface area contributed by atoms with Gasteiger partial charge in [0.25, 0.3) is 5.91 Å². The molecule has 1 fully saturated rings. The number of rotatable bonds is 5. The second-order valence-electron chi connectivity index (χ2n) is 7.19. The molecule has 0 spiro atoms. The molecule has 0 radical (unpaired) electrons. The lowest BCUT2D eigenvalue weighted by Gasteiger charge is -2.40. The zero-order valence-corrected chi connectivity index (χ0v) is 15.1. The molecule has 1 amide bonds. The number of amides is 1. The van der Waals surface area contributed by atoms with Gasteiger partial charge in [-0.25, -0.2) is 0 Å². The minimum absolute atomic E-state index is 0.0388. The predicted octanol–water partition coefficient (Wildman–Crippen LogP) is 3.23. The van der Waals surface area contributed by atoms with E-state index in [1.165, 1.54) is 5.56 Å². The van der Waals surface area contributed by atoms with Gasteiger partial charge in [-0.05, 0) is 36.4 Å². The van der Waals surface area contributed by atoms with E-state index in [0.29, 0.717) is 0 Å². The first-order valence-corrected chi connectivity index (χ1v) is 8.90. The Hall–Kier alpha value is -2.33. The van der Waals surface area contributed by atoms with E-state index in [1.807, 2.05) is 42.5 Å². The van der Waals surface area contributed by atoms with E-state index >= 15 is 0 Å². The van der Waals surface area contributed by atoms with E-state index in [1.54, 1.807) is 7.11 Å². The molecule has 4 heteroatoms. The van der Waals surface area contributed by atoms with E-state index in [0.717, 1.165) is 48.3 Å². The van der Waals surface area contributed by atoms with Crippen LogP contribution in [0.15, 0.2) is 54.6 Å². The summed E-state index contributed by atoms with van der Waals surface area (Å²) in [7, 11) is 4.00. The molecule has 1 heterocycles. The molecule has 25 heavy (non-hydrogen) atoms. The van der Waals surface area contributed by atoms with Crippen LogP contribution in [-0.2, 0) is 6.54 Å². The van der Waals surface area contributed by atoms with Gasteiger partial charge in [0.15, 0.2) is 0 Å². The van der Waals surface area contributed by atoms with Crippen molar-refractivity contribution in [3.05, 3.63) is 65.7 Å². The van der Waals surface area contributed by atoms with Crippen LogP contribution in [-0.4, -0.2) is 43.7 Å². The normalized spacial score (nSPS) is 23.0. The number of likely N-dealkylation sites (tertiary alicyclic amines) is 1. The molecule has 2 aromatic carbocycles. The fourth-order valence-electron chi connectivity index (χ4n) is 3.52. The highest BCUT2D eigenvalue weighted by atomic mass is 16.5. The number of benzene rings is 2. The monoisotopic (exact) mass is 339 g/mol. The minimum atomic E-state index is 0.0388. The Morgan fingerprint density at radius 3 is 2.32 bits per heavy atom. The molecular formula is C21H27N2O2+. The van der Waals surface area contributed by atoms with Gasteiger partial charge >= 0.3 is 0 Å². The molecule has 0 bridgehead atoms. The highest BCUT2D eigenvalue weighted by Crippen LogP contribution is 2.22. The van der Waals surface area contributed by atoms with Crippen molar-refractivity contribution in [1.82, 2.24) is 5.32 Å². The van der Waals surface area contributed by atoms with E-state index in [2.05, 4.69) is 24.5 Å². The Bertz CT molecular complexity index is 690. The van der Waals surface area contributed by atoms with Gasteiger partial charge in [0.05, 0.1) is 27.2 Å². The third-order valence-corrected chi connectivity index (χ3v) is 5.13. The summed E-state index contributed by atoms with van der Waals surface area (Å²) in [4.78, 5) is 12.3. The van der Waals surface area contributed by atoms with E-state index < -0.39 is 0 Å². The van der Waals surface area contributed by atoms with Gasteiger partial charge in [-0.3, -0.25) is 4.79 Å². The molecule has 1 saturated heterocycles. The van der Waals surface area contributed by atoms with Crippen molar-refractivity contribution in [3.8, 4) is 5.75 Å². The van der Waals surface area contributed by atoms with E-state index in [4.69, 9.17) is 4.74 Å². The van der Waals surface area contributed by atoms with Gasteiger partial charge in [-0.2, -0.15) is 0 Å². The van der Waals surface area contributed by atoms with E-state index in [9.17, 15) is 4.79 Å². The number of methoxy groups -OCH3 is 1. The van der Waals surface area contributed by atoms with Crippen molar-refractivity contribution < 1.29 is 14.0 Å². The molecule has 132 valence electrons. The summed E-state index contributed by atoms with van der Waals surface area (Å²) in [6.45, 7) is 3.17. The summed E-state index contributed by atoms with van der Waals surface area (Å²) in [6, 6.07) is 18.1. The quantitative estimate of drug-likeness (QED) is 0.850. The second-order valence-corrected chi connectivity index (χ2v) is 7.19. The number of nitrogens with zero attached hydrogens (tertiary/aromatic N) is 1.